The normalized spacial score (nSPS) is 18.4. The van der Waals surface area contributed by atoms with Crippen molar-refractivity contribution < 1.29 is 13.5 Å². The molecule has 0 amide bonds. The van der Waals surface area contributed by atoms with Crippen molar-refractivity contribution in [1.29, 1.82) is 0 Å². The summed E-state index contributed by atoms with van der Waals surface area (Å²) in [6.45, 7) is 2.54. The molecule has 0 radical (unpaired) electrons. The lowest BCUT2D eigenvalue weighted by Gasteiger charge is -2.34. The highest BCUT2D eigenvalue weighted by molar-refractivity contribution is 7.89. The van der Waals surface area contributed by atoms with Crippen molar-refractivity contribution in [2.24, 2.45) is 0 Å². The number of benzene rings is 1. The Bertz CT molecular complexity index is 745. The third kappa shape index (κ3) is 3.81. The van der Waals surface area contributed by atoms with Crippen molar-refractivity contribution in [2.45, 2.75) is 11.0 Å². The van der Waals surface area contributed by atoms with Gasteiger partial charge in [-0.25, -0.2) is 8.42 Å². The first-order valence-electron chi connectivity index (χ1n) is 7.93. The van der Waals surface area contributed by atoms with Gasteiger partial charge >= 0.3 is 0 Å². The zero-order chi connectivity index (χ0) is 17.0. The highest BCUT2D eigenvalue weighted by Crippen LogP contribution is 2.19. The van der Waals surface area contributed by atoms with Gasteiger partial charge in [-0.05, 0) is 17.7 Å². The third-order valence-corrected chi connectivity index (χ3v) is 6.10. The van der Waals surface area contributed by atoms with Gasteiger partial charge in [-0.3, -0.25) is 9.88 Å². The SMILES string of the molecule is O=S(=O)(c1cccnc1)N1CCN(C[C@H](O)c2ccccc2)CC1. The Morgan fingerprint density at radius 2 is 1.75 bits per heavy atom. The molecular formula is C17H21N3O3S. The quantitative estimate of drug-likeness (QED) is 0.877. The minimum atomic E-state index is -3.48. The number of nitrogens with zero attached hydrogens (tertiary/aromatic N) is 3. The molecule has 0 spiro atoms. The Labute approximate surface area is 142 Å². The summed E-state index contributed by atoms with van der Waals surface area (Å²) in [5, 5.41) is 10.3. The van der Waals surface area contributed by atoms with Crippen LogP contribution >= 0.6 is 0 Å². The predicted octanol–water partition coefficient (Wildman–Crippen LogP) is 1.12. The lowest BCUT2D eigenvalue weighted by Crippen LogP contribution is -2.49. The molecule has 2 aromatic rings. The molecule has 1 N–H and O–H groups in total. The van der Waals surface area contributed by atoms with Crippen molar-refractivity contribution in [3.8, 4) is 0 Å². The summed E-state index contributed by atoms with van der Waals surface area (Å²) in [6.07, 6.45) is 2.37. The summed E-state index contributed by atoms with van der Waals surface area (Å²) < 4.78 is 26.6. The molecule has 1 aromatic heterocycles. The van der Waals surface area contributed by atoms with Crippen LogP contribution in [0.4, 0.5) is 0 Å². The van der Waals surface area contributed by atoms with Gasteiger partial charge in [-0.1, -0.05) is 30.3 Å². The van der Waals surface area contributed by atoms with E-state index in [4.69, 9.17) is 0 Å². The van der Waals surface area contributed by atoms with E-state index in [1.165, 1.54) is 10.5 Å². The molecule has 3 rings (SSSR count). The highest BCUT2D eigenvalue weighted by atomic mass is 32.2. The second-order valence-corrected chi connectivity index (χ2v) is 7.76. The van der Waals surface area contributed by atoms with Gasteiger partial charge < -0.3 is 5.11 Å². The molecule has 0 aliphatic carbocycles. The monoisotopic (exact) mass is 347 g/mol. The lowest BCUT2D eigenvalue weighted by atomic mass is 10.1. The number of aromatic nitrogens is 1. The van der Waals surface area contributed by atoms with Crippen molar-refractivity contribution in [3.63, 3.8) is 0 Å². The number of hydrogen-bond donors (Lipinski definition) is 1. The minimum Gasteiger partial charge on any atom is -0.387 e. The maximum absolute atomic E-state index is 12.6. The molecule has 1 saturated heterocycles. The molecule has 1 fully saturated rings. The average molecular weight is 347 g/mol. The van der Waals surface area contributed by atoms with Crippen LogP contribution in [0.1, 0.15) is 11.7 Å². The summed E-state index contributed by atoms with van der Waals surface area (Å²) in [5.74, 6) is 0. The van der Waals surface area contributed by atoms with Gasteiger partial charge in [0.1, 0.15) is 4.90 Å². The zero-order valence-electron chi connectivity index (χ0n) is 13.3. The number of aliphatic hydroxyl groups is 1. The van der Waals surface area contributed by atoms with Crippen molar-refractivity contribution in [3.05, 3.63) is 60.4 Å². The van der Waals surface area contributed by atoms with E-state index in [1.807, 2.05) is 30.3 Å². The van der Waals surface area contributed by atoms with E-state index >= 15 is 0 Å². The Hall–Kier alpha value is -1.80. The molecule has 0 saturated carbocycles. The fourth-order valence-electron chi connectivity index (χ4n) is 2.83. The van der Waals surface area contributed by atoms with Crippen LogP contribution in [0.5, 0.6) is 0 Å². The molecule has 1 aliphatic heterocycles. The fourth-order valence-corrected chi connectivity index (χ4v) is 4.21. The summed E-state index contributed by atoms with van der Waals surface area (Å²) in [7, 11) is -3.48. The number of β-amino-alcohol motifs (C(OH)–C–C–N with tert-alkyl or cyclic N) is 1. The molecular weight excluding hydrogens is 326 g/mol. The summed E-state index contributed by atoms with van der Waals surface area (Å²) in [4.78, 5) is 6.20. The van der Waals surface area contributed by atoms with E-state index < -0.39 is 16.1 Å². The molecule has 1 atom stereocenters. The Morgan fingerprint density at radius 1 is 1.04 bits per heavy atom. The Morgan fingerprint density at radius 3 is 2.38 bits per heavy atom. The zero-order valence-corrected chi connectivity index (χ0v) is 14.1. The van der Waals surface area contributed by atoms with E-state index in [0.717, 1.165) is 5.56 Å². The molecule has 6 nitrogen and oxygen atoms in total. The van der Waals surface area contributed by atoms with Gasteiger partial charge in [0.25, 0.3) is 0 Å². The Balaban J connectivity index is 1.58. The number of aliphatic hydroxyl groups excluding tert-OH is 1. The average Bonchev–Trinajstić information content (AvgIpc) is 2.63. The molecule has 7 heteroatoms. The van der Waals surface area contributed by atoms with Crippen molar-refractivity contribution >= 4 is 10.0 Å². The van der Waals surface area contributed by atoms with E-state index in [-0.39, 0.29) is 4.90 Å². The number of hydrogen-bond acceptors (Lipinski definition) is 5. The van der Waals surface area contributed by atoms with E-state index in [0.29, 0.717) is 32.7 Å². The second-order valence-electron chi connectivity index (χ2n) is 5.82. The summed E-state index contributed by atoms with van der Waals surface area (Å²) in [5.41, 5.74) is 0.878. The van der Waals surface area contributed by atoms with E-state index in [9.17, 15) is 13.5 Å². The first-order valence-corrected chi connectivity index (χ1v) is 9.37. The first kappa shape index (κ1) is 17.0. The molecule has 128 valence electrons. The standard InChI is InChI=1S/C17H21N3O3S/c21-17(15-5-2-1-3-6-15)14-19-9-11-20(12-10-19)24(22,23)16-7-4-8-18-13-16/h1-8,13,17,21H,9-12,14H2/t17-/m0/s1. The van der Waals surface area contributed by atoms with Crippen LogP contribution in [0.3, 0.4) is 0 Å². The maximum Gasteiger partial charge on any atom is 0.244 e. The number of piperazine rings is 1. The smallest absolute Gasteiger partial charge is 0.244 e. The molecule has 24 heavy (non-hydrogen) atoms. The highest BCUT2D eigenvalue weighted by Gasteiger charge is 2.29. The molecule has 0 bridgehead atoms. The van der Waals surface area contributed by atoms with Crippen LogP contribution in [0, 0.1) is 0 Å². The van der Waals surface area contributed by atoms with E-state index in [1.54, 1.807) is 18.3 Å². The third-order valence-electron chi connectivity index (χ3n) is 4.22. The van der Waals surface area contributed by atoms with Gasteiger partial charge in [0.05, 0.1) is 6.10 Å². The van der Waals surface area contributed by atoms with Crippen LogP contribution in [-0.2, 0) is 10.0 Å². The number of pyridine rings is 1. The van der Waals surface area contributed by atoms with Crippen molar-refractivity contribution in [1.82, 2.24) is 14.2 Å². The largest absolute Gasteiger partial charge is 0.387 e. The molecule has 0 unspecified atom stereocenters. The van der Waals surface area contributed by atoms with Crippen LogP contribution in [0.25, 0.3) is 0 Å². The molecule has 1 aliphatic rings. The topological polar surface area (TPSA) is 73.7 Å². The van der Waals surface area contributed by atoms with Gasteiger partial charge in [-0.2, -0.15) is 4.31 Å². The van der Waals surface area contributed by atoms with Gasteiger partial charge in [0.15, 0.2) is 0 Å². The van der Waals surface area contributed by atoms with Crippen LogP contribution < -0.4 is 0 Å². The van der Waals surface area contributed by atoms with E-state index in [2.05, 4.69) is 9.88 Å². The predicted molar refractivity (Wildman–Crippen MR) is 90.8 cm³/mol. The molecule has 2 heterocycles. The number of rotatable bonds is 5. The van der Waals surface area contributed by atoms with Crippen molar-refractivity contribution in [2.75, 3.05) is 32.7 Å². The van der Waals surface area contributed by atoms with Crippen LogP contribution in [0.15, 0.2) is 59.8 Å². The van der Waals surface area contributed by atoms with Crippen LogP contribution in [-0.4, -0.2) is 60.4 Å². The fraction of sp³-hybridized carbons (Fsp3) is 0.353. The van der Waals surface area contributed by atoms with Gasteiger partial charge in [0, 0.05) is 45.1 Å². The minimum absolute atomic E-state index is 0.225. The first-order chi connectivity index (χ1) is 11.6. The molecule has 1 aromatic carbocycles. The van der Waals surface area contributed by atoms with Gasteiger partial charge in [-0.15, -0.1) is 0 Å². The van der Waals surface area contributed by atoms with Crippen LogP contribution in [0.2, 0.25) is 0 Å². The summed E-state index contributed by atoms with van der Waals surface area (Å²) >= 11 is 0. The lowest BCUT2D eigenvalue weighted by molar-refractivity contribution is 0.0921. The maximum atomic E-state index is 12.6. The second kappa shape index (κ2) is 7.40. The summed E-state index contributed by atoms with van der Waals surface area (Å²) in [6, 6.07) is 12.7. The Kier molecular flexibility index (Phi) is 5.25. The van der Waals surface area contributed by atoms with Gasteiger partial charge in [0.2, 0.25) is 10.0 Å². The number of sulfonamides is 1.